The summed E-state index contributed by atoms with van der Waals surface area (Å²) < 4.78 is 0. The molecule has 2 aromatic rings. The number of aliphatic hydroxyl groups excluding tert-OH is 1. The van der Waals surface area contributed by atoms with Crippen molar-refractivity contribution in [1.82, 2.24) is 9.97 Å². The lowest BCUT2D eigenvalue weighted by molar-refractivity contribution is 0.260. The second-order valence-electron chi connectivity index (χ2n) is 5.20. The zero-order chi connectivity index (χ0) is 14.0. The van der Waals surface area contributed by atoms with Crippen LogP contribution in [0.15, 0.2) is 6.07 Å². The van der Waals surface area contributed by atoms with Gasteiger partial charge in [0.05, 0.1) is 5.39 Å². The van der Waals surface area contributed by atoms with Gasteiger partial charge in [0.2, 0.25) is 5.95 Å². The number of hydrogen-bond donors (Lipinski definition) is 3. The van der Waals surface area contributed by atoms with Crippen LogP contribution < -0.4 is 10.6 Å². The molecule has 104 valence electrons. The third-order valence-corrected chi connectivity index (χ3v) is 3.88. The number of aliphatic hydroxyl groups is 1. The highest BCUT2D eigenvalue weighted by molar-refractivity contribution is 7.18. The Kier molecular flexibility index (Phi) is 3.91. The topological polar surface area (TPSA) is 70.1 Å². The summed E-state index contributed by atoms with van der Waals surface area (Å²) in [6, 6.07) is 2.09. The summed E-state index contributed by atoms with van der Waals surface area (Å²) in [7, 11) is 1.81. The molecule has 2 heterocycles. The molecule has 0 aliphatic rings. The molecule has 0 saturated carbocycles. The quantitative estimate of drug-likeness (QED) is 0.785. The predicted molar refractivity (Wildman–Crippen MR) is 81.1 cm³/mol. The van der Waals surface area contributed by atoms with Crippen molar-refractivity contribution in [3.05, 3.63) is 10.9 Å². The van der Waals surface area contributed by atoms with Crippen LogP contribution in [0.5, 0.6) is 0 Å². The minimum absolute atomic E-state index is 0.149. The van der Waals surface area contributed by atoms with Crippen LogP contribution in [-0.2, 0) is 0 Å². The minimum Gasteiger partial charge on any atom is -0.396 e. The maximum Gasteiger partial charge on any atom is 0.225 e. The summed E-state index contributed by atoms with van der Waals surface area (Å²) in [5.41, 5.74) is -0.211. The van der Waals surface area contributed by atoms with Gasteiger partial charge in [-0.05, 0) is 33.3 Å². The largest absolute Gasteiger partial charge is 0.396 e. The van der Waals surface area contributed by atoms with Crippen LogP contribution in [-0.4, -0.2) is 34.3 Å². The molecule has 0 spiro atoms. The Balaban J connectivity index is 2.45. The Morgan fingerprint density at radius 3 is 2.74 bits per heavy atom. The molecular formula is C13H20N4OS. The molecule has 0 amide bonds. The fourth-order valence-electron chi connectivity index (χ4n) is 1.91. The summed E-state index contributed by atoms with van der Waals surface area (Å²) in [6.07, 6.45) is 0.663. The fourth-order valence-corrected chi connectivity index (χ4v) is 2.79. The molecule has 2 rings (SSSR count). The number of aryl methyl sites for hydroxylation is 1. The van der Waals surface area contributed by atoms with Gasteiger partial charge >= 0.3 is 0 Å². The average Bonchev–Trinajstić information content (AvgIpc) is 2.69. The number of hydrogen-bond acceptors (Lipinski definition) is 6. The normalized spacial score (nSPS) is 11.8. The van der Waals surface area contributed by atoms with Gasteiger partial charge in [0, 0.05) is 24.1 Å². The van der Waals surface area contributed by atoms with E-state index in [9.17, 15) is 0 Å². The highest BCUT2D eigenvalue weighted by Crippen LogP contribution is 2.31. The van der Waals surface area contributed by atoms with E-state index in [1.807, 2.05) is 7.05 Å². The third-order valence-electron chi connectivity index (χ3n) is 2.93. The highest BCUT2D eigenvalue weighted by Gasteiger charge is 2.20. The first-order valence-electron chi connectivity index (χ1n) is 6.30. The van der Waals surface area contributed by atoms with E-state index >= 15 is 0 Å². The SMILES string of the molecule is CNc1nc(NC(C)(C)CCO)c2cc(C)sc2n1. The molecule has 0 aliphatic heterocycles. The molecule has 0 unspecified atom stereocenters. The molecule has 19 heavy (non-hydrogen) atoms. The van der Waals surface area contributed by atoms with Crippen LogP contribution in [0.25, 0.3) is 10.2 Å². The third kappa shape index (κ3) is 3.13. The number of anilines is 2. The van der Waals surface area contributed by atoms with Gasteiger partial charge in [0.25, 0.3) is 0 Å². The summed E-state index contributed by atoms with van der Waals surface area (Å²) in [5.74, 6) is 1.42. The number of rotatable bonds is 5. The Hall–Kier alpha value is -1.40. The average molecular weight is 280 g/mol. The van der Waals surface area contributed by atoms with Gasteiger partial charge < -0.3 is 15.7 Å². The second-order valence-corrected chi connectivity index (χ2v) is 6.44. The Morgan fingerprint density at radius 2 is 2.11 bits per heavy atom. The smallest absolute Gasteiger partial charge is 0.225 e. The number of fused-ring (bicyclic) bond motifs is 1. The van der Waals surface area contributed by atoms with Gasteiger partial charge in [-0.15, -0.1) is 11.3 Å². The van der Waals surface area contributed by atoms with E-state index in [0.29, 0.717) is 12.4 Å². The van der Waals surface area contributed by atoms with Gasteiger partial charge in [-0.3, -0.25) is 0 Å². The molecule has 0 bridgehead atoms. The van der Waals surface area contributed by atoms with Gasteiger partial charge in [-0.1, -0.05) is 0 Å². The van der Waals surface area contributed by atoms with E-state index in [0.717, 1.165) is 16.0 Å². The van der Waals surface area contributed by atoms with Gasteiger partial charge in [0.15, 0.2) is 0 Å². The molecule has 0 radical (unpaired) electrons. The number of nitrogens with zero attached hydrogens (tertiary/aromatic N) is 2. The van der Waals surface area contributed by atoms with Crippen molar-refractivity contribution in [1.29, 1.82) is 0 Å². The van der Waals surface area contributed by atoms with E-state index in [-0.39, 0.29) is 12.1 Å². The van der Waals surface area contributed by atoms with E-state index in [2.05, 4.69) is 47.4 Å². The van der Waals surface area contributed by atoms with E-state index in [1.54, 1.807) is 11.3 Å². The van der Waals surface area contributed by atoms with Gasteiger partial charge in [0.1, 0.15) is 10.6 Å². The highest BCUT2D eigenvalue weighted by atomic mass is 32.1. The van der Waals surface area contributed by atoms with Crippen LogP contribution in [0.2, 0.25) is 0 Å². The molecule has 6 heteroatoms. The summed E-state index contributed by atoms with van der Waals surface area (Å²) in [6.45, 7) is 6.31. The van der Waals surface area contributed by atoms with Crippen molar-refractivity contribution in [2.24, 2.45) is 0 Å². The van der Waals surface area contributed by atoms with Gasteiger partial charge in [-0.25, -0.2) is 4.98 Å². The lowest BCUT2D eigenvalue weighted by Crippen LogP contribution is -2.32. The first kappa shape index (κ1) is 14.0. The zero-order valence-electron chi connectivity index (χ0n) is 11.7. The first-order chi connectivity index (χ1) is 8.95. The number of aromatic nitrogens is 2. The minimum atomic E-state index is -0.211. The molecular weight excluding hydrogens is 260 g/mol. The maximum absolute atomic E-state index is 9.12. The van der Waals surface area contributed by atoms with Crippen LogP contribution in [0.1, 0.15) is 25.1 Å². The van der Waals surface area contributed by atoms with Crippen LogP contribution >= 0.6 is 11.3 Å². The standard InChI is InChI=1S/C13H20N4OS/c1-8-7-9-10(17-13(2,3)5-6-18)15-12(14-4)16-11(9)19-8/h7,18H,5-6H2,1-4H3,(H2,14,15,16,17). The Labute approximate surface area is 117 Å². The van der Waals surface area contributed by atoms with E-state index in [4.69, 9.17) is 5.11 Å². The lowest BCUT2D eigenvalue weighted by Gasteiger charge is -2.26. The van der Waals surface area contributed by atoms with Crippen molar-refractivity contribution >= 4 is 33.3 Å². The van der Waals surface area contributed by atoms with Crippen molar-refractivity contribution < 1.29 is 5.11 Å². The van der Waals surface area contributed by atoms with Crippen molar-refractivity contribution in [3.8, 4) is 0 Å². The molecule has 3 N–H and O–H groups in total. The Bertz CT molecular complexity index is 579. The van der Waals surface area contributed by atoms with Crippen molar-refractivity contribution in [3.63, 3.8) is 0 Å². The first-order valence-corrected chi connectivity index (χ1v) is 7.12. The number of nitrogens with one attached hydrogen (secondary N) is 2. The predicted octanol–water partition coefficient (Wildman–Crippen LogP) is 2.61. The summed E-state index contributed by atoms with van der Waals surface area (Å²) in [4.78, 5) is 11.1. The molecule has 0 aromatic carbocycles. The fraction of sp³-hybridized carbons (Fsp3) is 0.538. The summed E-state index contributed by atoms with van der Waals surface area (Å²) in [5, 5.41) is 16.5. The van der Waals surface area contributed by atoms with Crippen LogP contribution in [0, 0.1) is 6.92 Å². The van der Waals surface area contributed by atoms with Crippen LogP contribution in [0.3, 0.4) is 0 Å². The molecule has 0 atom stereocenters. The van der Waals surface area contributed by atoms with Gasteiger partial charge in [-0.2, -0.15) is 4.98 Å². The molecule has 0 aliphatic carbocycles. The molecule has 0 saturated heterocycles. The Morgan fingerprint density at radius 1 is 1.37 bits per heavy atom. The molecule has 2 aromatic heterocycles. The maximum atomic E-state index is 9.12. The van der Waals surface area contributed by atoms with Crippen molar-refractivity contribution in [2.75, 3.05) is 24.3 Å². The van der Waals surface area contributed by atoms with Crippen LogP contribution in [0.4, 0.5) is 11.8 Å². The number of thiophene rings is 1. The monoisotopic (exact) mass is 280 g/mol. The zero-order valence-corrected chi connectivity index (χ0v) is 12.6. The van der Waals surface area contributed by atoms with E-state index < -0.39 is 0 Å². The molecule has 5 nitrogen and oxygen atoms in total. The second kappa shape index (κ2) is 5.30. The molecule has 0 fully saturated rings. The lowest BCUT2D eigenvalue weighted by atomic mass is 10.0. The van der Waals surface area contributed by atoms with E-state index in [1.165, 1.54) is 4.88 Å². The summed E-state index contributed by atoms with van der Waals surface area (Å²) >= 11 is 1.65. The van der Waals surface area contributed by atoms with Crippen molar-refractivity contribution in [2.45, 2.75) is 32.7 Å².